The Hall–Kier alpha value is -3.85. The van der Waals surface area contributed by atoms with E-state index in [2.05, 4.69) is 24.3 Å². The molecule has 1 aromatic rings. The average molecular weight is 636 g/mol. The maximum atomic E-state index is 12.6. The molecular formula is C24H29NO17S. The van der Waals surface area contributed by atoms with E-state index in [1.807, 2.05) is 0 Å². The highest BCUT2D eigenvalue weighted by molar-refractivity contribution is 8.00. The third-order valence-corrected chi connectivity index (χ3v) is 6.82. The smallest absolute Gasteiger partial charge is 0.353 e. The van der Waals surface area contributed by atoms with E-state index < -0.39 is 82.4 Å². The van der Waals surface area contributed by atoms with E-state index in [1.165, 1.54) is 24.3 Å². The Morgan fingerprint density at radius 1 is 0.860 bits per heavy atom. The number of ether oxygens (including phenoxy) is 5. The van der Waals surface area contributed by atoms with Crippen LogP contribution >= 0.6 is 11.8 Å². The van der Waals surface area contributed by atoms with Gasteiger partial charge in [0.15, 0.2) is 6.10 Å². The lowest BCUT2D eigenvalue weighted by Gasteiger charge is -2.58. The molecule has 0 saturated carbocycles. The minimum absolute atomic E-state index is 0.0167. The molecule has 0 radical (unpaired) electrons. The van der Waals surface area contributed by atoms with Crippen molar-refractivity contribution in [1.82, 2.24) is 5.32 Å². The largest absolute Gasteiger partial charge is 0.480 e. The summed E-state index contributed by atoms with van der Waals surface area (Å²) in [4.78, 5) is 72.1. The maximum absolute atomic E-state index is 12.6. The Kier molecular flexibility index (Phi) is 10.9. The molecule has 2 rings (SSSR count). The molecule has 0 aromatic heterocycles. The first kappa shape index (κ1) is 35.3. The van der Waals surface area contributed by atoms with Crippen LogP contribution in [0.2, 0.25) is 0 Å². The summed E-state index contributed by atoms with van der Waals surface area (Å²) >= 11 is -0.233. The summed E-state index contributed by atoms with van der Waals surface area (Å²) in [6.07, 6.45) is -5.69. The lowest BCUT2D eigenvalue weighted by atomic mass is 9.86. The number of nitrogens with one attached hydrogen (secondary N) is 1. The van der Waals surface area contributed by atoms with E-state index in [-0.39, 0.29) is 17.3 Å². The van der Waals surface area contributed by atoms with Gasteiger partial charge in [0.25, 0.3) is 11.0 Å². The molecule has 1 unspecified atom stereocenters. The van der Waals surface area contributed by atoms with Crippen molar-refractivity contribution < 1.29 is 83.1 Å². The van der Waals surface area contributed by atoms with Crippen LogP contribution in [0, 0.1) is 0 Å². The highest BCUT2D eigenvalue weighted by Crippen LogP contribution is 2.55. The first-order chi connectivity index (χ1) is 19.7. The number of benzene rings is 1. The molecule has 0 spiro atoms. The highest BCUT2D eigenvalue weighted by Gasteiger charge is 2.86. The Balaban J connectivity index is 2.71. The summed E-state index contributed by atoms with van der Waals surface area (Å²) in [5.74, 6) is -22.2. The first-order valence-electron chi connectivity index (χ1n) is 12.0. The summed E-state index contributed by atoms with van der Waals surface area (Å²) in [6, 6.07) is 5.29. The monoisotopic (exact) mass is 635 g/mol. The number of esters is 4. The number of carboxylic acid groups (broad SMARTS) is 1. The SMILES string of the molecule is CC(=O)OC(O)[C@H]1O[C@@](O)(SC[C@H](NC(=O)c2ccccc2)C(=O)O)[C@@](O)(OC(C)=O)[C@](O)(OC(C)=O)[C@@]1(O)OC(C)=O. The van der Waals surface area contributed by atoms with Gasteiger partial charge < -0.3 is 59.6 Å². The van der Waals surface area contributed by atoms with E-state index in [4.69, 9.17) is 4.74 Å². The van der Waals surface area contributed by atoms with Gasteiger partial charge in [-0.2, -0.15) is 0 Å². The van der Waals surface area contributed by atoms with Gasteiger partial charge >= 0.3 is 47.2 Å². The van der Waals surface area contributed by atoms with Crippen LogP contribution in [0.3, 0.4) is 0 Å². The molecule has 1 aliphatic heterocycles. The molecule has 18 nitrogen and oxygen atoms in total. The van der Waals surface area contributed by atoms with Gasteiger partial charge in [0.2, 0.25) is 6.29 Å². The molecule has 1 amide bonds. The second kappa shape index (κ2) is 13.2. The molecule has 1 saturated heterocycles. The van der Waals surface area contributed by atoms with Crippen LogP contribution in [-0.2, 0) is 47.7 Å². The van der Waals surface area contributed by atoms with Crippen LogP contribution in [-0.4, -0.2) is 113 Å². The summed E-state index contributed by atoms with van der Waals surface area (Å²) in [5.41, 5.74) is 0.0167. The van der Waals surface area contributed by atoms with Gasteiger partial charge in [0.05, 0.1) is 0 Å². The fourth-order valence-corrected chi connectivity index (χ4v) is 5.00. The van der Waals surface area contributed by atoms with Crippen molar-refractivity contribution in [2.75, 3.05) is 5.75 Å². The molecule has 7 N–H and O–H groups in total. The standard InChI is InChI=1S/C24H29NO17S/c1-11(26)38-20(33)17-21(34,39-12(2)27)22(35,40-13(3)28)23(36,41-14(4)29)24(37,42-17)43-10-16(19(31)32)25-18(30)15-8-6-5-7-9-15/h5-9,16-17,20,33-37H,10H2,1-4H3,(H,25,30)(H,31,32)/t16-,17+,20?,21-,22+,23-,24+/m0/s1. The minimum atomic E-state index is -4.32. The predicted molar refractivity (Wildman–Crippen MR) is 136 cm³/mol. The van der Waals surface area contributed by atoms with Crippen LogP contribution in [0.5, 0.6) is 0 Å². The molecule has 7 atom stereocenters. The molecule has 1 heterocycles. The van der Waals surface area contributed by atoms with Gasteiger partial charge in [-0.3, -0.25) is 24.0 Å². The fraction of sp³-hybridized carbons (Fsp3) is 0.500. The molecule has 43 heavy (non-hydrogen) atoms. The molecule has 238 valence electrons. The first-order valence-corrected chi connectivity index (χ1v) is 13.0. The number of carbonyl (C=O) groups excluding carboxylic acids is 5. The third kappa shape index (κ3) is 7.21. The zero-order chi connectivity index (χ0) is 33.0. The predicted octanol–water partition coefficient (Wildman–Crippen LogP) is -2.72. The number of aliphatic carboxylic acids is 1. The van der Waals surface area contributed by atoms with Crippen molar-refractivity contribution in [3.8, 4) is 0 Å². The number of amides is 1. The maximum Gasteiger partial charge on any atom is 0.353 e. The minimum Gasteiger partial charge on any atom is -0.480 e. The van der Waals surface area contributed by atoms with E-state index >= 15 is 0 Å². The number of carboxylic acids is 1. The van der Waals surface area contributed by atoms with Crippen molar-refractivity contribution in [2.24, 2.45) is 0 Å². The number of hydrogen-bond acceptors (Lipinski definition) is 17. The Labute approximate surface area is 246 Å². The highest BCUT2D eigenvalue weighted by atomic mass is 32.2. The third-order valence-electron chi connectivity index (χ3n) is 5.56. The molecule has 1 aromatic carbocycles. The van der Waals surface area contributed by atoms with Gasteiger partial charge in [-0.25, -0.2) is 4.79 Å². The zero-order valence-electron chi connectivity index (χ0n) is 22.9. The van der Waals surface area contributed by atoms with Crippen molar-refractivity contribution in [3.05, 3.63) is 35.9 Å². The Morgan fingerprint density at radius 2 is 1.37 bits per heavy atom. The quantitative estimate of drug-likeness (QED) is 0.0738. The van der Waals surface area contributed by atoms with Crippen molar-refractivity contribution >= 4 is 47.5 Å². The van der Waals surface area contributed by atoms with E-state index in [0.717, 1.165) is 6.92 Å². The topological polar surface area (TPSA) is 282 Å². The summed E-state index contributed by atoms with van der Waals surface area (Å²) < 4.78 is 23.6. The normalized spacial score (nSPS) is 29.7. The molecule has 0 aliphatic carbocycles. The molecule has 1 fully saturated rings. The van der Waals surface area contributed by atoms with Gasteiger partial charge in [0, 0.05) is 39.0 Å². The fourth-order valence-electron chi connectivity index (χ4n) is 3.84. The summed E-state index contributed by atoms with van der Waals surface area (Å²) in [7, 11) is 0. The number of carbonyl (C=O) groups is 6. The second-order valence-corrected chi connectivity index (χ2v) is 10.1. The number of thioether (sulfide) groups is 1. The lowest BCUT2D eigenvalue weighted by molar-refractivity contribution is -0.546. The van der Waals surface area contributed by atoms with Crippen molar-refractivity contribution in [3.63, 3.8) is 0 Å². The number of aliphatic hydroxyl groups excluding tert-OH is 1. The van der Waals surface area contributed by atoms with E-state index in [1.54, 1.807) is 6.07 Å². The average Bonchev–Trinajstić information content (AvgIpc) is 2.87. The summed E-state index contributed by atoms with van der Waals surface area (Å²) in [5, 5.41) is 64.5. The number of rotatable bonds is 11. The van der Waals surface area contributed by atoms with Crippen LogP contribution in [0.4, 0.5) is 0 Å². The van der Waals surface area contributed by atoms with Gasteiger partial charge in [-0.15, -0.1) is 0 Å². The Bertz CT molecular complexity index is 1260. The van der Waals surface area contributed by atoms with Crippen molar-refractivity contribution in [1.29, 1.82) is 0 Å². The lowest BCUT2D eigenvalue weighted by Crippen LogP contribution is -2.87. The zero-order valence-corrected chi connectivity index (χ0v) is 23.7. The summed E-state index contributed by atoms with van der Waals surface area (Å²) in [6.45, 7) is 2.55. The van der Waals surface area contributed by atoms with Gasteiger partial charge in [-0.1, -0.05) is 30.0 Å². The van der Waals surface area contributed by atoms with Crippen LogP contribution < -0.4 is 5.32 Å². The number of hydrogen-bond donors (Lipinski definition) is 7. The van der Waals surface area contributed by atoms with Gasteiger partial charge in [-0.05, 0) is 12.1 Å². The van der Waals surface area contributed by atoms with E-state index in [0.29, 0.717) is 20.8 Å². The molecular weight excluding hydrogens is 606 g/mol. The molecule has 1 aliphatic rings. The van der Waals surface area contributed by atoms with Crippen LogP contribution in [0.25, 0.3) is 0 Å². The van der Waals surface area contributed by atoms with Crippen LogP contribution in [0.1, 0.15) is 38.1 Å². The second-order valence-electron chi connectivity index (χ2n) is 8.93. The number of aliphatic hydroxyl groups is 5. The molecule has 0 bridgehead atoms. The Morgan fingerprint density at radius 3 is 1.84 bits per heavy atom. The molecule has 19 heteroatoms. The van der Waals surface area contributed by atoms with Crippen molar-refractivity contribution in [2.45, 2.75) is 68.6 Å². The van der Waals surface area contributed by atoms with Crippen LogP contribution in [0.15, 0.2) is 30.3 Å². The van der Waals surface area contributed by atoms with Gasteiger partial charge in [0.1, 0.15) is 6.04 Å². The van der Waals surface area contributed by atoms with E-state index in [9.17, 15) is 59.4 Å².